The van der Waals surface area contributed by atoms with Gasteiger partial charge in [-0.25, -0.2) is 4.79 Å². The van der Waals surface area contributed by atoms with E-state index in [4.69, 9.17) is 10.5 Å². The van der Waals surface area contributed by atoms with Gasteiger partial charge in [-0.3, -0.25) is 0 Å². The molecule has 4 heteroatoms. The van der Waals surface area contributed by atoms with Gasteiger partial charge in [0.15, 0.2) is 0 Å². The molecule has 0 aliphatic carbocycles. The number of amides is 1. The van der Waals surface area contributed by atoms with Crippen LogP contribution in [0.1, 0.15) is 22.7 Å². The van der Waals surface area contributed by atoms with Gasteiger partial charge >= 0.3 is 6.09 Å². The molecular formula is C13H18N2O2. The highest BCUT2D eigenvalue weighted by Gasteiger charge is 2.24. The summed E-state index contributed by atoms with van der Waals surface area (Å²) in [4.78, 5) is 13.0. The zero-order valence-corrected chi connectivity index (χ0v) is 10.3. The van der Waals surface area contributed by atoms with E-state index in [0.29, 0.717) is 19.7 Å². The van der Waals surface area contributed by atoms with Gasteiger partial charge < -0.3 is 15.4 Å². The van der Waals surface area contributed by atoms with Crippen molar-refractivity contribution in [2.24, 2.45) is 5.73 Å². The van der Waals surface area contributed by atoms with Crippen molar-refractivity contribution in [3.05, 3.63) is 34.9 Å². The summed E-state index contributed by atoms with van der Waals surface area (Å²) in [6.07, 6.45) is -0.260. The Bertz CT molecular complexity index is 431. The molecule has 0 bridgehead atoms. The van der Waals surface area contributed by atoms with Crippen LogP contribution in [0, 0.1) is 13.8 Å². The Morgan fingerprint density at radius 1 is 1.41 bits per heavy atom. The van der Waals surface area contributed by atoms with Crippen LogP contribution in [0.15, 0.2) is 18.2 Å². The van der Waals surface area contributed by atoms with Crippen molar-refractivity contribution >= 4 is 6.09 Å². The van der Waals surface area contributed by atoms with Gasteiger partial charge in [0.25, 0.3) is 0 Å². The first-order valence-corrected chi connectivity index (χ1v) is 5.82. The molecule has 1 amide bonds. The molecule has 2 N–H and O–H groups in total. The van der Waals surface area contributed by atoms with Crippen LogP contribution >= 0.6 is 0 Å². The monoisotopic (exact) mass is 234 g/mol. The van der Waals surface area contributed by atoms with Crippen LogP contribution in [-0.2, 0) is 4.74 Å². The molecule has 1 fully saturated rings. The zero-order valence-electron chi connectivity index (χ0n) is 10.3. The third-order valence-corrected chi connectivity index (χ3v) is 3.22. The van der Waals surface area contributed by atoms with Crippen LogP contribution in [0.25, 0.3) is 0 Å². The number of hydrogen-bond donors (Lipinski definition) is 1. The fourth-order valence-corrected chi connectivity index (χ4v) is 1.93. The number of ether oxygens (including phenoxy) is 1. The molecule has 0 saturated carbocycles. The number of nitrogens with two attached hydrogens (primary N) is 1. The maximum absolute atomic E-state index is 11.3. The summed E-state index contributed by atoms with van der Waals surface area (Å²) < 4.78 is 4.88. The average molecular weight is 234 g/mol. The fourth-order valence-electron chi connectivity index (χ4n) is 1.93. The first-order valence-electron chi connectivity index (χ1n) is 5.82. The van der Waals surface area contributed by atoms with E-state index >= 15 is 0 Å². The van der Waals surface area contributed by atoms with Gasteiger partial charge in [-0.05, 0) is 30.5 Å². The van der Waals surface area contributed by atoms with E-state index in [2.05, 4.69) is 26.0 Å². The second-order valence-electron chi connectivity index (χ2n) is 4.51. The highest BCUT2D eigenvalue weighted by atomic mass is 16.6. The molecule has 1 aliphatic rings. The number of nitrogens with zero attached hydrogens (tertiary/aromatic N) is 1. The normalized spacial score (nSPS) is 17.1. The van der Waals surface area contributed by atoms with Gasteiger partial charge in [-0.1, -0.05) is 18.2 Å². The van der Waals surface area contributed by atoms with E-state index in [0.717, 1.165) is 5.56 Å². The number of aryl methyl sites for hydroxylation is 2. The minimum Gasteiger partial charge on any atom is -0.448 e. The van der Waals surface area contributed by atoms with Crippen LogP contribution in [0.5, 0.6) is 0 Å². The first-order chi connectivity index (χ1) is 8.08. The molecule has 1 aromatic carbocycles. The minimum atomic E-state index is -0.260. The van der Waals surface area contributed by atoms with Crippen molar-refractivity contribution in [1.29, 1.82) is 0 Å². The molecule has 1 aromatic rings. The molecule has 1 saturated heterocycles. The largest absolute Gasteiger partial charge is 0.448 e. The highest BCUT2D eigenvalue weighted by Crippen LogP contribution is 2.17. The van der Waals surface area contributed by atoms with E-state index in [9.17, 15) is 4.79 Å². The van der Waals surface area contributed by atoms with E-state index < -0.39 is 0 Å². The van der Waals surface area contributed by atoms with Crippen LogP contribution in [0.4, 0.5) is 4.79 Å². The van der Waals surface area contributed by atoms with Gasteiger partial charge in [0.05, 0.1) is 6.54 Å². The van der Waals surface area contributed by atoms with E-state index in [1.165, 1.54) is 11.1 Å². The molecular weight excluding hydrogens is 216 g/mol. The van der Waals surface area contributed by atoms with Crippen LogP contribution in [0.3, 0.4) is 0 Å². The summed E-state index contributed by atoms with van der Waals surface area (Å²) in [5.41, 5.74) is 9.64. The molecule has 1 unspecified atom stereocenters. The number of cyclic esters (lactones) is 1. The SMILES string of the molecule is Cc1ccc(C(N)CN2CCOC2=O)cc1C. The van der Waals surface area contributed by atoms with E-state index in [1.54, 1.807) is 4.90 Å². The maximum Gasteiger partial charge on any atom is 0.410 e. The summed E-state index contributed by atoms with van der Waals surface area (Å²) in [5.74, 6) is 0. The Morgan fingerprint density at radius 2 is 2.18 bits per heavy atom. The Morgan fingerprint density at radius 3 is 2.76 bits per heavy atom. The molecule has 4 nitrogen and oxygen atoms in total. The fraction of sp³-hybridized carbons (Fsp3) is 0.462. The topological polar surface area (TPSA) is 55.6 Å². The van der Waals surface area contributed by atoms with Crippen molar-refractivity contribution in [2.75, 3.05) is 19.7 Å². The van der Waals surface area contributed by atoms with Gasteiger partial charge in [-0.15, -0.1) is 0 Å². The number of rotatable bonds is 3. The average Bonchev–Trinajstić information content (AvgIpc) is 2.68. The van der Waals surface area contributed by atoms with Crippen LogP contribution in [-0.4, -0.2) is 30.7 Å². The standard InChI is InChI=1S/C13H18N2O2/c1-9-3-4-11(7-10(9)2)12(14)8-15-5-6-17-13(15)16/h3-4,7,12H,5-6,8,14H2,1-2H3. The molecule has 0 spiro atoms. The predicted octanol–water partition coefficient (Wildman–Crippen LogP) is 1.76. The van der Waals surface area contributed by atoms with Crippen molar-refractivity contribution in [2.45, 2.75) is 19.9 Å². The molecule has 1 heterocycles. The minimum absolute atomic E-state index is 0.153. The molecule has 0 aromatic heterocycles. The Balaban J connectivity index is 2.06. The lowest BCUT2D eigenvalue weighted by Gasteiger charge is -2.19. The number of carbonyl (C=O) groups is 1. The van der Waals surface area contributed by atoms with Crippen molar-refractivity contribution < 1.29 is 9.53 Å². The van der Waals surface area contributed by atoms with E-state index in [1.807, 2.05) is 6.07 Å². The van der Waals surface area contributed by atoms with Gasteiger partial charge in [0.1, 0.15) is 6.61 Å². The molecule has 92 valence electrons. The summed E-state index contributed by atoms with van der Waals surface area (Å²) >= 11 is 0. The Kier molecular flexibility index (Phi) is 3.33. The van der Waals surface area contributed by atoms with Crippen molar-refractivity contribution in [3.63, 3.8) is 0 Å². The first kappa shape index (κ1) is 11.9. The van der Waals surface area contributed by atoms with Gasteiger partial charge in [-0.2, -0.15) is 0 Å². The van der Waals surface area contributed by atoms with Crippen molar-refractivity contribution in [1.82, 2.24) is 4.90 Å². The third kappa shape index (κ3) is 2.58. The summed E-state index contributed by atoms with van der Waals surface area (Å²) in [7, 11) is 0. The number of carbonyl (C=O) groups excluding carboxylic acids is 1. The van der Waals surface area contributed by atoms with Crippen LogP contribution < -0.4 is 5.73 Å². The molecule has 1 atom stereocenters. The lowest BCUT2D eigenvalue weighted by atomic mass is 10.0. The summed E-state index contributed by atoms with van der Waals surface area (Å²) in [6.45, 7) is 5.76. The maximum atomic E-state index is 11.3. The van der Waals surface area contributed by atoms with E-state index in [-0.39, 0.29) is 12.1 Å². The Hall–Kier alpha value is -1.55. The summed E-state index contributed by atoms with van der Waals surface area (Å²) in [6, 6.07) is 6.02. The van der Waals surface area contributed by atoms with Crippen molar-refractivity contribution in [3.8, 4) is 0 Å². The number of hydrogen-bond acceptors (Lipinski definition) is 3. The molecule has 1 aliphatic heterocycles. The second-order valence-corrected chi connectivity index (χ2v) is 4.51. The lowest BCUT2D eigenvalue weighted by Crippen LogP contribution is -2.32. The second kappa shape index (κ2) is 4.75. The van der Waals surface area contributed by atoms with Crippen LogP contribution in [0.2, 0.25) is 0 Å². The Labute approximate surface area is 101 Å². The quantitative estimate of drug-likeness (QED) is 0.867. The lowest BCUT2D eigenvalue weighted by molar-refractivity contribution is 0.157. The zero-order chi connectivity index (χ0) is 12.4. The summed E-state index contributed by atoms with van der Waals surface area (Å²) in [5, 5.41) is 0. The molecule has 2 rings (SSSR count). The molecule has 17 heavy (non-hydrogen) atoms. The van der Waals surface area contributed by atoms with Gasteiger partial charge in [0, 0.05) is 12.6 Å². The smallest absolute Gasteiger partial charge is 0.410 e. The number of benzene rings is 1. The predicted molar refractivity (Wildman–Crippen MR) is 65.8 cm³/mol. The third-order valence-electron chi connectivity index (χ3n) is 3.22. The highest BCUT2D eigenvalue weighted by molar-refractivity contribution is 5.69. The molecule has 0 radical (unpaired) electrons. The van der Waals surface area contributed by atoms with Gasteiger partial charge in [0.2, 0.25) is 0 Å².